The summed E-state index contributed by atoms with van der Waals surface area (Å²) in [5, 5.41) is 3.47. The average molecular weight is 387 g/mol. The van der Waals surface area contributed by atoms with Crippen LogP contribution in [0, 0.1) is 0 Å². The number of ether oxygens (including phenoxy) is 1. The molecule has 1 aromatic carbocycles. The van der Waals surface area contributed by atoms with E-state index in [1.54, 1.807) is 7.11 Å². The van der Waals surface area contributed by atoms with Crippen molar-refractivity contribution in [3.05, 3.63) is 35.3 Å². The van der Waals surface area contributed by atoms with Crippen molar-refractivity contribution in [3.8, 4) is 5.75 Å². The molecule has 0 aliphatic carbocycles. The second kappa shape index (κ2) is 8.93. The largest absolute Gasteiger partial charge is 0.495 e. The minimum absolute atomic E-state index is 0.962. The smallest absolute Gasteiger partial charge is 0.185 e. The van der Waals surface area contributed by atoms with Crippen molar-refractivity contribution in [1.82, 2.24) is 9.88 Å². The minimum atomic E-state index is 0.962. The molecule has 0 atom stereocenters. The molecule has 4 rings (SSSR count). The molecule has 1 aromatic heterocycles. The number of piperidine rings is 1. The van der Waals surface area contributed by atoms with Gasteiger partial charge in [-0.3, -0.25) is 4.90 Å². The van der Waals surface area contributed by atoms with Crippen LogP contribution in [0.5, 0.6) is 5.75 Å². The van der Waals surface area contributed by atoms with Gasteiger partial charge >= 0.3 is 0 Å². The Labute approximate surface area is 166 Å². The van der Waals surface area contributed by atoms with E-state index in [0.29, 0.717) is 0 Å². The van der Waals surface area contributed by atoms with Crippen molar-refractivity contribution < 1.29 is 4.74 Å². The molecular formula is C21H30N4OS. The number of thiazole rings is 1. The van der Waals surface area contributed by atoms with Gasteiger partial charge in [-0.1, -0.05) is 12.1 Å². The van der Waals surface area contributed by atoms with Crippen molar-refractivity contribution in [2.24, 2.45) is 0 Å². The molecule has 146 valence electrons. The summed E-state index contributed by atoms with van der Waals surface area (Å²) in [7, 11) is 1.76. The van der Waals surface area contributed by atoms with Crippen LogP contribution in [0.1, 0.15) is 31.4 Å². The van der Waals surface area contributed by atoms with Crippen LogP contribution in [-0.4, -0.2) is 56.3 Å². The molecule has 5 nitrogen and oxygen atoms in total. The van der Waals surface area contributed by atoms with Gasteiger partial charge in [0, 0.05) is 51.2 Å². The summed E-state index contributed by atoms with van der Waals surface area (Å²) in [5.74, 6) is 0.969. The van der Waals surface area contributed by atoms with Gasteiger partial charge in [-0.25, -0.2) is 4.98 Å². The zero-order valence-electron chi connectivity index (χ0n) is 16.3. The highest BCUT2D eigenvalue weighted by Gasteiger charge is 2.19. The summed E-state index contributed by atoms with van der Waals surface area (Å²) in [5.41, 5.74) is 2.44. The van der Waals surface area contributed by atoms with Crippen LogP contribution >= 0.6 is 11.3 Å². The lowest BCUT2D eigenvalue weighted by atomic mass is 10.1. The number of benzene rings is 1. The van der Waals surface area contributed by atoms with E-state index in [9.17, 15) is 0 Å². The molecule has 27 heavy (non-hydrogen) atoms. The molecule has 0 saturated carbocycles. The van der Waals surface area contributed by atoms with Gasteiger partial charge in [0.15, 0.2) is 5.13 Å². The molecule has 2 saturated heterocycles. The van der Waals surface area contributed by atoms with Crippen LogP contribution in [-0.2, 0) is 6.54 Å². The van der Waals surface area contributed by atoms with Gasteiger partial charge < -0.3 is 14.5 Å². The highest BCUT2D eigenvalue weighted by atomic mass is 32.1. The van der Waals surface area contributed by atoms with Crippen molar-refractivity contribution in [3.63, 3.8) is 0 Å². The molecule has 0 N–H and O–H groups in total. The maximum Gasteiger partial charge on any atom is 0.185 e. The molecule has 3 heterocycles. The third kappa shape index (κ3) is 4.55. The van der Waals surface area contributed by atoms with Gasteiger partial charge in [0.1, 0.15) is 5.75 Å². The van der Waals surface area contributed by atoms with Gasteiger partial charge in [-0.05, 0) is 37.8 Å². The fraction of sp³-hybridized carbons (Fsp3) is 0.571. The van der Waals surface area contributed by atoms with Crippen LogP contribution in [0.15, 0.2) is 29.6 Å². The van der Waals surface area contributed by atoms with Crippen molar-refractivity contribution in [1.29, 1.82) is 0 Å². The predicted molar refractivity (Wildman–Crippen MR) is 113 cm³/mol. The number of hydrogen-bond acceptors (Lipinski definition) is 6. The summed E-state index contributed by atoms with van der Waals surface area (Å²) < 4.78 is 5.55. The standard InChI is InChI=1S/C21H30N4OS/c1-26-20-9-4-3-8-19(20)24-13-7-10-23(14-15-24)16-18-17-27-21(22-18)25-11-5-2-6-12-25/h3-4,8-9,17H,2,5-7,10-16H2,1H3. The Hall–Kier alpha value is -1.79. The molecule has 2 fully saturated rings. The Kier molecular flexibility index (Phi) is 6.14. The molecule has 2 aromatic rings. The summed E-state index contributed by atoms with van der Waals surface area (Å²) in [6.07, 6.45) is 5.14. The topological polar surface area (TPSA) is 31.8 Å². The Balaban J connectivity index is 1.35. The van der Waals surface area contributed by atoms with Crippen molar-refractivity contribution in [2.75, 3.05) is 56.2 Å². The van der Waals surface area contributed by atoms with Crippen LogP contribution in [0.4, 0.5) is 10.8 Å². The van der Waals surface area contributed by atoms with E-state index in [1.807, 2.05) is 17.4 Å². The maximum atomic E-state index is 5.55. The van der Waals surface area contributed by atoms with Crippen LogP contribution < -0.4 is 14.5 Å². The van der Waals surface area contributed by atoms with Gasteiger partial charge in [0.25, 0.3) is 0 Å². The predicted octanol–water partition coefficient (Wildman–Crippen LogP) is 3.85. The van der Waals surface area contributed by atoms with Crippen LogP contribution in [0.3, 0.4) is 0 Å². The fourth-order valence-corrected chi connectivity index (χ4v) is 4.96. The first-order valence-corrected chi connectivity index (χ1v) is 11.0. The van der Waals surface area contributed by atoms with Gasteiger partial charge in [0.2, 0.25) is 0 Å². The van der Waals surface area contributed by atoms with E-state index in [1.165, 1.54) is 55.3 Å². The number of anilines is 2. The molecule has 0 spiro atoms. The molecule has 2 aliphatic rings. The number of hydrogen-bond donors (Lipinski definition) is 0. The third-order valence-corrected chi connectivity index (χ3v) is 6.52. The normalized spacial score (nSPS) is 19.1. The number of rotatable bonds is 5. The van der Waals surface area contributed by atoms with E-state index in [4.69, 9.17) is 9.72 Å². The monoisotopic (exact) mass is 386 g/mol. The summed E-state index contributed by atoms with van der Waals surface area (Å²) >= 11 is 1.81. The van der Waals surface area contributed by atoms with Gasteiger partial charge in [0.05, 0.1) is 18.5 Å². The lowest BCUT2D eigenvalue weighted by Crippen LogP contribution is -2.31. The van der Waals surface area contributed by atoms with Crippen LogP contribution in [0.2, 0.25) is 0 Å². The molecule has 0 radical (unpaired) electrons. The Morgan fingerprint density at radius 3 is 2.59 bits per heavy atom. The van der Waals surface area contributed by atoms with E-state index in [-0.39, 0.29) is 0 Å². The first-order valence-electron chi connectivity index (χ1n) is 10.1. The Morgan fingerprint density at radius 2 is 1.74 bits per heavy atom. The lowest BCUT2D eigenvalue weighted by Gasteiger charge is -2.26. The third-order valence-electron chi connectivity index (χ3n) is 5.57. The maximum absolute atomic E-state index is 5.55. The highest BCUT2D eigenvalue weighted by molar-refractivity contribution is 7.13. The lowest BCUT2D eigenvalue weighted by molar-refractivity contribution is 0.282. The van der Waals surface area contributed by atoms with Gasteiger partial charge in [-0.2, -0.15) is 0 Å². The van der Waals surface area contributed by atoms with Gasteiger partial charge in [-0.15, -0.1) is 11.3 Å². The summed E-state index contributed by atoms with van der Waals surface area (Å²) in [6.45, 7) is 7.60. The first kappa shape index (κ1) is 18.6. The van der Waals surface area contributed by atoms with E-state index in [2.05, 4.69) is 38.3 Å². The second-order valence-corrected chi connectivity index (χ2v) is 8.29. The van der Waals surface area contributed by atoms with Crippen molar-refractivity contribution >= 4 is 22.2 Å². The number of para-hydroxylation sites is 2. The zero-order chi connectivity index (χ0) is 18.5. The first-order chi connectivity index (χ1) is 13.3. The number of aromatic nitrogens is 1. The van der Waals surface area contributed by atoms with E-state index < -0.39 is 0 Å². The quantitative estimate of drug-likeness (QED) is 0.779. The SMILES string of the molecule is COc1ccccc1N1CCCN(Cc2csc(N3CCCCC3)n2)CC1. The Morgan fingerprint density at radius 1 is 0.926 bits per heavy atom. The molecule has 0 unspecified atom stereocenters. The summed E-state index contributed by atoms with van der Waals surface area (Å²) in [4.78, 5) is 12.4. The molecular weight excluding hydrogens is 356 g/mol. The van der Waals surface area contributed by atoms with Crippen molar-refractivity contribution in [2.45, 2.75) is 32.2 Å². The van der Waals surface area contributed by atoms with E-state index in [0.717, 1.165) is 38.5 Å². The van der Waals surface area contributed by atoms with Crippen LogP contribution in [0.25, 0.3) is 0 Å². The molecule has 6 heteroatoms. The molecule has 0 bridgehead atoms. The molecule has 2 aliphatic heterocycles. The fourth-order valence-electron chi connectivity index (χ4n) is 4.09. The van der Waals surface area contributed by atoms with E-state index >= 15 is 0 Å². The minimum Gasteiger partial charge on any atom is -0.495 e. The number of nitrogens with zero attached hydrogens (tertiary/aromatic N) is 4. The average Bonchev–Trinajstić information content (AvgIpc) is 3.07. The zero-order valence-corrected chi connectivity index (χ0v) is 17.1. The highest BCUT2D eigenvalue weighted by Crippen LogP contribution is 2.29. The summed E-state index contributed by atoms with van der Waals surface area (Å²) in [6, 6.07) is 8.35. The second-order valence-electron chi connectivity index (χ2n) is 7.46. The number of methoxy groups -OCH3 is 1. The molecule has 0 amide bonds. The Bertz CT molecular complexity index is 728.